The van der Waals surface area contributed by atoms with Gasteiger partial charge in [0.15, 0.2) is 0 Å². The van der Waals surface area contributed by atoms with Crippen LogP contribution in [0, 0.1) is 0 Å². The maximum absolute atomic E-state index is 12.2. The van der Waals surface area contributed by atoms with Gasteiger partial charge in [-0.1, -0.05) is 31.9 Å². The Morgan fingerprint density at radius 1 is 1.10 bits per heavy atom. The fourth-order valence-electron chi connectivity index (χ4n) is 2.62. The zero-order valence-electron chi connectivity index (χ0n) is 17.9. The van der Waals surface area contributed by atoms with Crippen LogP contribution in [0.2, 0.25) is 0 Å². The molecule has 0 bridgehead atoms. The van der Waals surface area contributed by atoms with Crippen LogP contribution in [-0.2, 0) is 10.2 Å². The third kappa shape index (κ3) is 5.81. The van der Waals surface area contributed by atoms with E-state index in [1.54, 1.807) is 41.3 Å². The van der Waals surface area contributed by atoms with Gasteiger partial charge in [0.1, 0.15) is 11.5 Å². The molecule has 0 fully saturated rings. The average Bonchev–Trinajstić information content (AvgIpc) is 3.20. The van der Waals surface area contributed by atoms with Crippen molar-refractivity contribution in [1.82, 2.24) is 10.2 Å². The molecular formula is C22H25N5O4. The van der Waals surface area contributed by atoms with Crippen LogP contribution in [0.3, 0.4) is 0 Å². The molecule has 0 aliphatic heterocycles. The second-order valence-electron chi connectivity index (χ2n) is 7.76. The predicted octanol–water partition coefficient (Wildman–Crippen LogP) is 4.79. The molecule has 0 unspecified atom stereocenters. The largest absolute Gasteiger partial charge is 0.457 e. The summed E-state index contributed by atoms with van der Waals surface area (Å²) in [6, 6.07) is 13.6. The molecule has 3 aromatic rings. The molecule has 31 heavy (non-hydrogen) atoms. The van der Waals surface area contributed by atoms with Crippen LogP contribution >= 0.6 is 0 Å². The minimum absolute atomic E-state index is 0.0266. The summed E-state index contributed by atoms with van der Waals surface area (Å²) in [5.41, 5.74) is 1.01. The lowest BCUT2D eigenvalue weighted by Gasteiger charge is -2.16. The molecule has 0 spiro atoms. The molecule has 0 saturated heterocycles. The second-order valence-corrected chi connectivity index (χ2v) is 7.76. The lowest BCUT2D eigenvalue weighted by Crippen LogP contribution is -2.19. The summed E-state index contributed by atoms with van der Waals surface area (Å²) >= 11 is 0. The highest BCUT2D eigenvalue weighted by molar-refractivity contribution is 5.98. The summed E-state index contributed by atoms with van der Waals surface area (Å²) in [7, 11) is 0. The smallest absolute Gasteiger partial charge is 0.327 e. The van der Waals surface area contributed by atoms with Crippen molar-refractivity contribution in [1.29, 1.82) is 0 Å². The maximum Gasteiger partial charge on any atom is 0.327 e. The van der Waals surface area contributed by atoms with Gasteiger partial charge in [0.2, 0.25) is 12.3 Å². The molecule has 0 saturated carbocycles. The van der Waals surface area contributed by atoms with E-state index in [9.17, 15) is 9.59 Å². The van der Waals surface area contributed by atoms with Crippen LogP contribution < -0.4 is 20.3 Å². The van der Waals surface area contributed by atoms with E-state index in [2.05, 4.69) is 20.8 Å². The highest BCUT2D eigenvalue weighted by Crippen LogP contribution is 2.27. The van der Waals surface area contributed by atoms with E-state index < -0.39 is 6.03 Å². The van der Waals surface area contributed by atoms with Crippen molar-refractivity contribution in [2.24, 2.45) is 0 Å². The Morgan fingerprint density at radius 2 is 1.84 bits per heavy atom. The number of aromatic nitrogens is 2. The summed E-state index contributed by atoms with van der Waals surface area (Å²) in [5.74, 6) is 1.62. The first-order valence-corrected chi connectivity index (χ1v) is 9.80. The van der Waals surface area contributed by atoms with Gasteiger partial charge in [0.05, 0.1) is 0 Å². The quantitative estimate of drug-likeness (QED) is 0.529. The Labute approximate surface area is 180 Å². The predicted molar refractivity (Wildman–Crippen MR) is 118 cm³/mol. The highest BCUT2D eigenvalue weighted by Gasteiger charge is 2.22. The Hall–Kier alpha value is -3.88. The summed E-state index contributed by atoms with van der Waals surface area (Å²) in [6.07, 6.45) is 0.781. The monoisotopic (exact) mass is 423 g/mol. The maximum atomic E-state index is 12.2. The van der Waals surface area contributed by atoms with Gasteiger partial charge in [-0.2, -0.15) is 0 Å². The zero-order valence-corrected chi connectivity index (χ0v) is 17.9. The van der Waals surface area contributed by atoms with Crippen LogP contribution in [0.25, 0.3) is 0 Å². The molecule has 0 radical (unpaired) electrons. The average molecular weight is 423 g/mol. The summed E-state index contributed by atoms with van der Waals surface area (Å²) in [4.78, 5) is 24.9. The molecule has 3 amide bonds. The first-order valence-electron chi connectivity index (χ1n) is 9.80. The van der Waals surface area contributed by atoms with Crippen LogP contribution in [0.15, 0.2) is 52.9 Å². The van der Waals surface area contributed by atoms with Gasteiger partial charge < -0.3 is 19.4 Å². The number of nitrogens with one attached hydrogen (secondary N) is 2. The molecule has 0 atom stereocenters. The molecule has 3 rings (SSSR count). The first kappa shape index (κ1) is 21.8. The minimum atomic E-state index is -0.501. The number of carbonyl (C=O) groups is 2. The zero-order chi connectivity index (χ0) is 22.4. The molecular weight excluding hydrogens is 398 g/mol. The third-order valence-electron chi connectivity index (χ3n) is 4.25. The van der Waals surface area contributed by atoms with Gasteiger partial charge in [0.25, 0.3) is 0 Å². The summed E-state index contributed by atoms with van der Waals surface area (Å²) in [6.45, 7) is 8.27. The number of rotatable bonds is 7. The number of ether oxygens (including phenoxy) is 1. The van der Waals surface area contributed by atoms with Gasteiger partial charge in [0, 0.05) is 29.4 Å². The molecule has 2 N–H and O–H groups in total. The van der Waals surface area contributed by atoms with Gasteiger partial charge in [-0.05, 0) is 43.3 Å². The number of hydrogen-bond acceptors (Lipinski definition) is 6. The Morgan fingerprint density at radius 3 is 2.45 bits per heavy atom. The number of carbonyl (C=O) groups excluding carboxylic acids is 2. The van der Waals surface area contributed by atoms with E-state index >= 15 is 0 Å². The standard InChI is InChI=1S/C22H25N5O4/c1-5-27(14-28)16-7-6-8-18(13-16)30-17-11-9-15(10-12-17)23-20(29)24-21-26-25-19(31-21)22(2,3)4/h6-14H,5H2,1-4H3,(H2,23,24,26,29). The molecule has 0 aliphatic carbocycles. The van der Waals surface area contributed by atoms with Crippen molar-refractivity contribution in [2.75, 3.05) is 22.1 Å². The van der Waals surface area contributed by atoms with Crippen LogP contribution in [0.4, 0.5) is 22.2 Å². The number of benzene rings is 2. The molecule has 162 valence electrons. The fourth-order valence-corrected chi connectivity index (χ4v) is 2.62. The van der Waals surface area contributed by atoms with Gasteiger partial charge in [-0.3, -0.25) is 10.1 Å². The van der Waals surface area contributed by atoms with E-state index in [1.807, 2.05) is 39.8 Å². The number of anilines is 3. The van der Waals surface area contributed by atoms with E-state index in [1.165, 1.54) is 0 Å². The van der Waals surface area contributed by atoms with E-state index in [0.717, 1.165) is 12.1 Å². The van der Waals surface area contributed by atoms with Crippen molar-refractivity contribution in [2.45, 2.75) is 33.1 Å². The van der Waals surface area contributed by atoms with Crippen LogP contribution in [0.1, 0.15) is 33.6 Å². The van der Waals surface area contributed by atoms with Crippen LogP contribution in [-0.4, -0.2) is 29.2 Å². The van der Waals surface area contributed by atoms with E-state index in [-0.39, 0.29) is 11.4 Å². The number of urea groups is 1. The number of nitrogens with zero attached hydrogens (tertiary/aromatic N) is 3. The number of hydrogen-bond donors (Lipinski definition) is 2. The second kappa shape index (κ2) is 9.29. The lowest BCUT2D eigenvalue weighted by molar-refractivity contribution is -0.107. The normalized spacial score (nSPS) is 11.0. The van der Waals surface area contributed by atoms with Crippen molar-refractivity contribution < 1.29 is 18.7 Å². The van der Waals surface area contributed by atoms with E-state index in [4.69, 9.17) is 9.15 Å². The van der Waals surface area contributed by atoms with Gasteiger partial charge in [-0.15, -0.1) is 5.10 Å². The lowest BCUT2D eigenvalue weighted by atomic mass is 9.97. The summed E-state index contributed by atoms with van der Waals surface area (Å²) < 4.78 is 11.3. The first-order chi connectivity index (χ1) is 14.8. The van der Waals surface area contributed by atoms with Crippen molar-refractivity contribution in [3.05, 3.63) is 54.4 Å². The topological polar surface area (TPSA) is 110 Å². The van der Waals surface area contributed by atoms with Crippen molar-refractivity contribution >= 4 is 29.8 Å². The van der Waals surface area contributed by atoms with E-state index in [0.29, 0.717) is 29.6 Å². The van der Waals surface area contributed by atoms with Crippen LogP contribution in [0.5, 0.6) is 11.5 Å². The Kier molecular flexibility index (Phi) is 6.54. The molecule has 1 heterocycles. The SMILES string of the molecule is CCN(C=O)c1cccc(Oc2ccc(NC(=O)Nc3nnc(C(C)(C)C)o3)cc2)c1. The van der Waals surface area contributed by atoms with Crippen molar-refractivity contribution in [3.8, 4) is 11.5 Å². The summed E-state index contributed by atoms with van der Waals surface area (Å²) in [5, 5.41) is 13.0. The molecule has 9 nitrogen and oxygen atoms in total. The number of amides is 3. The van der Waals surface area contributed by atoms with Gasteiger partial charge >= 0.3 is 12.0 Å². The Balaban J connectivity index is 1.59. The third-order valence-corrected chi connectivity index (χ3v) is 4.25. The molecule has 9 heteroatoms. The van der Waals surface area contributed by atoms with Gasteiger partial charge in [-0.25, -0.2) is 4.79 Å². The molecule has 1 aromatic heterocycles. The van der Waals surface area contributed by atoms with Crippen molar-refractivity contribution in [3.63, 3.8) is 0 Å². The minimum Gasteiger partial charge on any atom is -0.457 e. The highest BCUT2D eigenvalue weighted by atomic mass is 16.5. The fraction of sp³-hybridized carbons (Fsp3) is 0.273. The molecule has 0 aliphatic rings. The molecule has 2 aromatic carbocycles. The Bertz CT molecular complexity index is 1040.